The standard InChI is InChI=1S/C21H15F2N4.Ir/c1-13-11-19(12-14(2)24-13)27-20(15-3-7-17(22)8-4-15)25-26-21(27)16-5-9-18(23)10-6-16;/h3-5,7-12H,1-2H3;/q-1;. The molecule has 0 N–H and O–H groups in total. The zero-order valence-electron chi connectivity index (χ0n) is 15.1. The van der Waals surface area contributed by atoms with Gasteiger partial charge >= 0.3 is 0 Å². The van der Waals surface area contributed by atoms with E-state index < -0.39 is 0 Å². The Morgan fingerprint density at radius 1 is 0.821 bits per heavy atom. The molecule has 4 rings (SSSR count). The zero-order chi connectivity index (χ0) is 19.0. The summed E-state index contributed by atoms with van der Waals surface area (Å²) in [6.07, 6.45) is 0. The molecule has 0 spiro atoms. The second-order valence-electron chi connectivity index (χ2n) is 6.22. The maximum Gasteiger partial charge on any atom is 0.159 e. The van der Waals surface area contributed by atoms with Crippen LogP contribution in [-0.4, -0.2) is 19.7 Å². The number of rotatable bonds is 3. The van der Waals surface area contributed by atoms with Gasteiger partial charge in [0, 0.05) is 48.6 Å². The SMILES string of the molecule is Cc1cc(-n2c(-c3[c-]cc(F)cc3)nnc2-c2ccc(F)cc2)cc(C)n1.[Ir]. The molecule has 1 radical (unpaired) electrons. The minimum absolute atomic E-state index is 0. The molecule has 0 atom stereocenters. The molecular formula is C21H15F2IrN4-. The largest absolute Gasteiger partial charge is 0.316 e. The van der Waals surface area contributed by atoms with Crippen molar-refractivity contribution in [3.63, 3.8) is 0 Å². The minimum Gasteiger partial charge on any atom is -0.316 e. The van der Waals surface area contributed by atoms with Gasteiger partial charge in [-0.2, -0.15) is 5.10 Å². The van der Waals surface area contributed by atoms with Crippen LogP contribution in [0.5, 0.6) is 0 Å². The van der Waals surface area contributed by atoms with Gasteiger partial charge in [-0.25, -0.2) is 4.39 Å². The molecule has 2 aromatic heterocycles. The van der Waals surface area contributed by atoms with E-state index in [0.29, 0.717) is 22.8 Å². The molecular weight excluding hydrogens is 538 g/mol. The third-order valence-electron chi connectivity index (χ3n) is 4.11. The topological polar surface area (TPSA) is 43.6 Å². The van der Waals surface area contributed by atoms with Gasteiger partial charge in [-0.3, -0.25) is 9.37 Å². The maximum atomic E-state index is 13.3. The van der Waals surface area contributed by atoms with Crippen LogP contribution in [0.2, 0.25) is 0 Å². The van der Waals surface area contributed by atoms with Crippen LogP contribution < -0.4 is 0 Å². The molecule has 0 fully saturated rings. The molecule has 2 aromatic carbocycles. The summed E-state index contributed by atoms with van der Waals surface area (Å²) in [5.41, 5.74) is 3.82. The van der Waals surface area contributed by atoms with Gasteiger partial charge in [-0.1, -0.05) is 0 Å². The summed E-state index contributed by atoms with van der Waals surface area (Å²) in [5, 5.41) is 8.60. The van der Waals surface area contributed by atoms with E-state index >= 15 is 0 Å². The van der Waals surface area contributed by atoms with Crippen molar-refractivity contribution in [2.45, 2.75) is 13.8 Å². The predicted molar refractivity (Wildman–Crippen MR) is 98.3 cm³/mol. The molecule has 28 heavy (non-hydrogen) atoms. The van der Waals surface area contributed by atoms with E-state index in [-0.39, 0.29) is 31.7 Å². The summed E-state index contributed by atoms with van der Waals surface area (Å²) >= 11 is 0. The zero-order valence-corrected chi connectivity index (χ0v) is 17.5. The average Bonchev–Trinajstić information content (AvgIpc) is 3.07. The van der Waals surface area contributed by atoms with Crippen molar-refractivity contribution in [3.05, 3.63) is 83.7 Å². The number of halogens is 2. The molecule has 0 aliphatic carbocycles. The molecule has 0 aliphatic rings. The van der Waals surface area contributed by atoms with E-state index in [1.807, 2.05) is 30.5 Å². The fraction of sp³-hybridized carbons (Fsp3) is 0.0952. The van der Waals surface area contributed by atoms with Crippen molar-refractivity contribution in [1.29, 1.82) is 0 Å². The Morgan fingerprint density at radius 2 is 1.43 bits per heavy atom. The normalized spacial score (nSPS) is 10.6. The Kier molecular flexibility index (Phi) is 5.77. The third kappa shape index (κ3) is 3.91. The van der Waals surface area contributed by atoms with Crippen molar-refractivity contribution in [2.24, 2.45) is 0 Å². The Balaban J connectivity index is 0.00000225. The summed E-state index contributed by atoms with van der Waals surface area (Å²) in [6.45, 7) is 3.81. The van der Waals surface area contributed by atoms with Crippen LogP contribution in [0, 0.1) is 31.5 Å². The molecule has 0 unspecified atom stereocenters. The number of pyridine rings is 1. The third-order valence-corrected chi connectivity index (χ3v) is 4.11. The molecule has 143 valence electrons. The summed E-state index contributed by atoms with van der Waals surface area (Å²) < 4.78 is 28.5. The van der Waals surface area contributed by atoms with Crippen LogP contribution in [0.15, 0.2) is 54.6 Å². The second kappa shape index (κ2) is 8.08. The van der Waals surface area contributed by atoms with Crippen LogP contribution in [0.3, 0.4) is 0 Å². The first-order chi connectivity index (χ1) is 13.0. The minimum atomic E-state index is -0.376. The summed E-state index contributed by atoms with van der Waals surface area (Å²) in [6, 6.07) is 17.0. The fourth-order valence-electron chi connectivity index (χ4n) is 2.98. The smallest absolute Gasteiger partial charge is 0.159 e. The summed E-state index contributed by atoms with van der Waals surface area (Å²) in [4.78, 5) is 4.41. The van der Waals surface area contributed by atoms with Crippen LogP contribution in [-0.2, 0) is 20.1 Å². The Bertz CT molecular complexity index is 1020. The first-order valence-electron chi connectivity index (χ1n) is 8.36. The Hall–Kier alpha value is -2.76. The van der Waals surface area contributed by atoms with Crippen LogP contribution in [0.1, 0.15) is 11.4 Å². The molecule has 0 saturated heterocycles. The molecule has 0 saturated carbocycles. The monoisotopic (exact) mass is 554 g/mol. The van der Waals surface area contributed by atoms with Crippen molar-refractivity contribution < 1.29 is 28.9 Å². The molecule has 0 aliphatic heterocycles. The van der Waals surface area contributed by atoms with Crippen molar-refractivity contribution >= 4 is 0 Å². The number of benzene rings is 2. The van der Waals surface area contributed by atoms with Gasteiger partial charge in [0.15, 0.2) is 5.82 Å². The van der Waals surface area contributed by atoms with Gasteiger partial charge in [0.25, 0.3) is 0 Å². The van der Waals surface area contributed by atoms with E-state index in [9.17, 15) is 8.78 Å². The van der Waals surface area contributed by atoms with Gasteiger partial charge in [0.05, 0.1) is 5.82 Å². The van der Waals surface area contributed by atoms with Crippen molar-refractivity contribution in [1.82, 2.24) is 19.7 Å². The summed E-state index contributed by atoms with van der Waals surface area (Å²) in [5.74, 6) is 0.360. The quantitative estimate of drug-likeness (QED) is 0.346. The number of aryl methyl sites for hydroxylation is 2. The van der Waals surface area contributed by atoms with Crippen LogP contribution in [0.25, 0.3) is 28.5 Å². The number of hydrogen-bond donors (Lipinski definition) is 0. The first-order valence-corrected chi connectivity index (χ1v) is 8.36. The van der Waals surface area contributed by atoms with E-state index in [1.165, 1.54) is 24.3 Å². The van der Waals surface area contributed by atoms with Crippen LogP contribution in [0.4, 0.5) is 8.78 Å². The van der Waals surface area contributed by atoms with Gasteiger partial charge < -0.3 is 4.57 Å². The summed E-state index contributed by atoms with van der Waals surface area (Å²) in [7, 11) is 0. The van der Waals surface area contributed by atoms with Gasteiger partial charge in [0.1, 0.15) is 5.82 Å². The molecule has 0 bridgehead atoms. The molecule has 2 heterocycles. The van der Waals surface area contributed by atoms with Crippen LogP contribution >= 0.6 is 0 Å². The first kappa shape index (κ1) is 20.0. The van der Waals surface area contributed by atoms with E-state index in [2.05, 4.69) is 21.2 Å². The van der Waals surface area contributed by atoms with E-state index in [4.69, 9.17) is 0 Å². The van der Waals surface area contributed by atoms with Gasteiger partial charge in [0.2, 0.25) is 0 Å². The number of aromatic nitrogens is 4. The molecule has 4 nitrogen and oxygen atoms in total. The average molecular weight is 554 g/mol. The molecule has 7 heteroatoms. The van der Waals surface area contributed by atoms with Gasteiger partial charge in [-0.05, 0) is 50.2 Å². The van der Waals surface area contributed by atoms with E-state index in [1.54, 1.807) is 18.2 Å². The van der Waals surface area contributed by atoms with Crippen molar-refractivity contribution in [3.8, 4) is 28.5 Å². The molecule has 4 aromatic rings. The maximum absolute atomic E-state index is 13.3. The molecule has 0 amide bonds. The fourth-order valence-corrected chi connectivity index (χ4v) is 2.98. The van der Waals surface area contributed by atoms with E-state index in [0.717, 1.165) is 17.1 Å². The Labute approximate surface area is 174 Å². The predicted octanol–water partition coefficient (Wildman–Crippen LogP) is 4.69. The van der Waals surface area contributed by atoms with Crippen molar-refractivity contribution in [2.75, 3.05) is 0 Å². The Morgan fingerprint density at radius 3 is 2.04 bits per heavy atom. The second-order valence-corrected chi connectivity index (χ2v) is 6.22. The van der Waals surface area contributed by atoms with Gasteiger partial charge in [-0.15, -0.1) is 34.9 Å². The number of nitrogens with zero attached hydrogens (tertiary/aromatic N) is 4. The number of hydrogen-bond acceptors (Lipinski definition) is 3.